The van der Waals surface area contributed by atoms with E-state index >= 15 is 0 Å². The van der Waals surface area contributed by atoms with Gasteiger partial charge in [0.25, 0.3) is 0 Å². The molecule has 0 saturated heterocycles. The number of hydrogen-bond donors (Lipinski definition) is 0. The number of carbonyl (C=O) groups is 1. The largest absolute Gasteiger partial charge is 0.307 e. The van der Waals surface area contributed by atoms with Gasteiger partial charge in [0.05, 0.1) is 0 Å². The molecule has 0 N–H and O–H groups in total. The van der Waals surface area contributed by atoms with Crippen molar-refractivity contribution < 1.29 is 4.79 Å². The fourth-order valence-corrected chi connectivity index (χ4v) is 0.999. The van der Waals surface area contributed by atoms with E-state index in [4.69, 9.17) is 4.79 Å². The standard InChI is InChI=1S/C7H12.CH2O/c1-7-5-3-2-4-6-7;1-2/h5H,2-4,6H2,1H3;1H2. The smallest absolute Gasteiger partial charge is 0.106 e. The van der Waals surface area contributed by atoms with Crippen molar-refractivity contribution in [2.45, 2.75) is 32.6 Å². The van der Waals surface area contributed by atoms with Crippen LogP contribution in [-0.4, -0.2) is 6.79 Å². The molecule has 0 radical (unpaired) electrons. The molecule has 0 unspecified atom stereocenters. The van der Waals surface area contributed by atoms with Crippen molar-refractivity contribution in [2.75, 3.05) is 0 Å². The van der Waals surface area contributed by atoms with Crippen LogP contribution in [0, 0.1) is 0 Å². The molecule has 0 aromatic rings. The molecule has 0 heterocycles. The van der Waals surface area contributed by atoms with Crippen LogP contribution in [0.25, 0.3) is 0 Å². The fraction of sp³-hybridized carbons (Fsp3) is 0.625. The Morgan fingerprint density at radius 2 is 2.11 bits per heavy atom. The summed E-state index contributed by atoms with van der Waals surface area (Å²) in [6.45, 7) is 4.22. The fourth-order valence-electron chi connectivity index (χ4n) is 0.999. The normalized spacial score (nSPS) is 17.2. The molecule has 0 aromatic heterocycles. The Kier molecular flexibility index (Phi) is 5.18. The van der Waals surface area contributed by atoms with Gasteiger partial charge < -0.3 is 4.79 Å². The highest BCUT2D eigenvalue weighted by Crippen LogP contribution is 2.15. The molecule has 0 aliphatic heterocycles. The van der Waals surface area contributed by atoms with Crippen molar-refractivity contribution >= 4 is 6.79 Å². The zero-order valence-electron chi connectivity index (χ0n) is 6.02. The lowest BCUT2D eigenvalue weighted by Gasteiger charge is -2.05. The molecular weight excluding hydrogens is 112 g/mol. The molecule has 0 bridgehead atoms. The third-order valence-electron chi connectivity index (χ3n) is 1.52. The minimum Gasteiger partial charge on any atom is -0.307 e. The Labute approximate surface area is 56.8 Å². The van der Waals surface area contributed by atoms with Crippen LogP contribution >= 0.6 is 0 Å². The van der Waals surface area contributed by atoms with Gasteiger partial charge >= 0.3 is 0 Å². The molecule has 1 rings (SSSR count). The van der Waals surface area contributed by atoms with E-state index < -0.39 is 0 Å². The first-order valence-electron chi connectivity index (χ1n) is 3.34. The van der Waals surface area contributed by atoms with Crippen LogP contribution in [0.15, 0.2) is 11.6 Å². The summed E-state index contributed by atoms with van der Waals surface area (Å²) in [6.07, 6.45) is 7.86. The lowest BCUT2D eigenvalue weighted by molar-refractivity contribution is -0.0979. The molecule has 0 aromatic carbocycles. The van der Waals surface area contributed by atoms with Gasteiger partial charge in [0.15, 0.2) is 0 Å². The van der Waals surface area contributed by atoms with Crippen LogP contribution in [0.2, 0.25) is 0 Å². The van der Waals surface area contributed by atoms with Gasteiger partial charge in [-0.3, -0.25) is 0 Å². The van der Waals surface area contributed by atoms with Crippen LogP contribution < -0.4 is 0 Å². The monoisotopic (exact) mass is 126 g/mol. The summed E-state index contributed by atoms with van der Waals surface area (Å²) in [5.41, 5.74) is 1.59. The van der Waals surface area contributed by atoms with Crippen molar-refractivity contribution in [2.24, 2.45) is 0 Å². The van der Waals surface area contributed by atoms with Gasteiger partial charge in [0, 0.05) is 0 Å². The topological polar surface area (TPSA) is 17.1 Å². The summed E-state index contributed by atoms with van der Waals surface area (Å²) in [5, 5.41) is 0. The van der Waals surface area contributed by atoms with E-state index in [1.54, 1.807) is 5.57 Å². The van der Waals surface area contributed by atoms with Gasteiger partial charge in [-0.15, -0.1) is 0 Å². The molecule has 1 aliphatic rings. The Balaban J connectivity index is 0.000000291. The number of hydrogen-bond acceptors (Lipinski definition) is 1. The average Bonchev–Trinajstić information content (AvgIpc) is 1.94. The molecule has 52 valence electrons. The summed E-state index contributed by atoms with van der Waals surface area (Å²) in [4.78, 5) is 8.00. The predicted molar refractivity (Wildman–Crippen MR) is 39.3 cm³/mol. The van der Waals surface area contributed by atoms with Crippen LogP contribution in [0.5, 0.6) is 0 Å². The van der Waals surface area contributed by atoms with E-state index in [0.717, 1.165) is 0 Å². The average molecular weight is 126 g/mol. The third kappa shape index (κ3) is 3.95. The quantitative estimate of drug-likeness (QED) is 0.455. The molecular formula is C8H14O. The molecule has 9 heavy (non-hydrogen) atoms. The van der Waals surface area contributed by atoms with Gasteiger partial charge in [-0.2, -0.15) is 0 Å². The number of carbonyl (C=O) groups excluding carboxylic acids is 1. The Morgan fingerprint density at radius 3 is 2.33 bits per heavy atom. The van der Waals surface area contributed by atoms with E-state index in [1.165, 1.54) is 25.7 Å². The highest BCUT2D eigenvalue weighted by Gasteiger charge is 1.95. The molecule has 0 saturated carbocycles. The second-order valence-corrected chi connectivity index (χ2v) is 2.30. The molecule has 0 fully saturated rings. The Hall–Kier alpha value is -0.590. The minimum absolute atomic E-state index is 1.33. The van der Waals surface area contributed by atoms with Crippen molar-refractivity contribution in [1.82, 2.24) is 0 Å². The molecule has 0 spiro atoms. The van der Waals surface area contributed by atoms with E-state index in [0.29, 0.717) is 0 Å². The molecule has 1 heteroatoms. The third-order valence-corrected chi connectivity index (χ3v) is 1.52. The van der Waals surface area contributed by atoms with Crippen molar-refractivity contribution in [3.05, 3.63) is 11.6 Å². The van der Waals surface area contributed by atoms with Crippen molar-refractivity contribution in [3.63, 3.8) is 0 Å². The minimum atomic E-state index is 1.33. The second-order valence-electron chi connectivity index (χ2n) is 2.30. The van der Waals surface area contributed by atoms with Crippen molar-refractivity contribution in [3.8, 4) is 0 Å². The first kappa shape index (κ1) is 8.41. The first-order valence-corrected chi connectivity index (χ1v) is 3.34. The van der Waals surface area contributed by atoms with E-state index in [1.807, 2.05) is 6.79 Å². The van der Waals surface area contributed by atoms with E-state index in [9.17, 15) is 0 Å². The summed E-state index contributed by atoms with van der Waals surface area (Å²) >= 11 is 0. The number of allylic oxidation sites excluding steroid dienone is 2. The van der Waals surface area contributed by atoms with Gasteiger partial charge in [-0.05, 0) is 32.6 Å². The Morgan fingerprint density at radius 1 is 1.44 bits per heavy atom. The zero-order chi connectivity index (χ0) is 7.11. The van der Waals surface area contributed by atoms with Crippen LogP contribution in [0.4, 0.5) is 0 Å². The second kappa shape index (κ2) is 5.54. The molecule has 1 aliphatic carbocycles. The lowest BCUT2D eigenvalue weighted by atomic mass is 10.0. The Bertz CT molecular complexity index is 94.7. The van der Waals surface area contributed by atoms with Crippen LogP contribution in [0.3, 0.4) is 0 Å². The maximum atomic E-state index is 8.00. The van der Waals surface area contributed by atoms with Gasteiger partial charge in [-0.1, -0.05) is 11.6 Å². The molecule has 0 amide bonds. The van der Waals surface area contributed by atoms with Crippen molar-refractivity contribution in [1.29, 1.82) is 0 Å². The lowest BCUT2D eigenvalue weighted by Crippen LogP contribution is -1.85. The summed E-state index contributed by atoms with van der Waals surface area (Å²) in [6, 6.07) is 0. The maximum Gasteiger partial charge on any atom is 0.106 e. The van der Waals surface area contributed by atoms with Gasteiger partial charge in [-0.25, -0.2) is 0 Å². The van der Waals surface area contributed by atoms with Gasteiger partial charge in [0.1, 0.15) is 6.79 Å². The van der Waals surface area contributed by atoms with Gasteiger partial charge in [0.2, 0.25) is 0 Å². The van der Waals surface area contributed by atoms with E-state index in [-0.39, 0.29) is 0 Å². The van der Waals surface area contributed by atoms with E-state index in [2.05, 4.69) is 13.0 Å². The first-order chi connectivity index (χ1) is 4.39. The number of rotatable bonds is 0. The highest BCUT2D eigenvalue weighted by molar-refractivity contribution is 5.11. The van der Waals surface area contributed by atoms with Crippen LogP contribution in [0.1, 0.15) is 32.6 Å². The summed E-state index contributed by atoms with van der Waals surface area (Å²) in [7, 11) is 0. The maximum absolute atomic E-state index is 8.00. The SMILES string of the molecule is C=O.CC1=CCCCC1. The molecule has 1 nitrogen and oxygen atoms in total. The zero-order valence-corrected chi connectivity index (χ0v) is 6.02. The molecule has 0 atom stereocenters. The van der Waals surface area contributed by atoms with Crippen LogP contribution in [-0.2, 0) is 4.79 Å². The highest BCUT2D eigenvalue weighted by atomic mass is 16.1. The summed E-state index contributed by atoms with van der Waals surface area (Å²) < 4.78 is 0. The summed E-state index contributed by atoms with van der Waals surface area (Å²) in [5.74, 6) is 0. The predicted octanol–water partition coefficient (Wildman–Crippen LogP) is 2.32.